The van der Waals surface area contributed by atoms with E-state index in [0.29, 0.717) is 23.6 Å². The van der Waals surface area contributed by atoms with Gasteiger partial charge in [-0.25, -0.2) is 4.39 Å². The number of rotatable bonds is 8. The molecule has 6 nitrogen and oxygen atoms in total. The summed E-state index contributed by atoms with van der Waals surface area (Å²) in [7, 11) is 0. The molecule has 38 heavy (non-hydrogen) atoms. The van der Waals surface area contributed by atoms with Crippen molar-refractivity contribution in [1.29, 1.82) is 0 Å². The highest BCUT2D eigenvalue weighted by molar-refractivity contribution is 8.04. The third-order valence-electron chi connectivity index (χ3n) is 6.60. The van der Waals surface area contributed by atoms with Crippen LogP contribution < -0.4 is 10.2 Å². The van der Waals surface area contributed by atoms with Crippen LogP contribution in [0.2, 0.25) is 0 Å². The van der Waals surface area contributed by atoms with Gasteiger partial charge in [-0.15, -0.1) is 0 Å². The van der Waals surface area contributed by atoms with Gasteiger partial charge in [-0.3, -0.25) is 14.5 Å². The van der Waals surface area contributed by atoms with Crippen molar-refractivity contribution in [3.63, 3.8) is 0 Å². The van der Waals surface area contributed by atoms with E-state index in [4.69, 9.17) is 4.74 Å². The number of thioether (sulfide) groups is 1. The van der Waals surface area contributed by atoms with E-state index >= 15 is 0 Å². The Hall–Kier alpha value is -3.46. The Balaban J connectivity index is 1.24. The number of ether oxygens (including phenoxy) is 1. The van der Waals surface area contributed by atoms with Crippen LogP contribution in [-0.2, 0) is 16.1 Å². The van der Waals surface area contributed by atoms with Crippen LogP contribution in [-0.4, -0.2) is 56.1 Å². The standard InChI is InChI=1S/C30H30FN3O3S/c31-25-12-8-23(9-13-25)21-34-26-4-1-2-5-27(26)38-28(30(34)36)20-22-6-10-24(11-7-22)29(35)32-14-3-15-33-16-18-37-19-17-33/h1-2,4-13,20H,3,14-19,21H2,(H,32,35)/b28-20-. The molecule has 0 saturated carbocycles. The van der Waals surface area contributed by atoms with Crippen molar-refractivity contribution in [2.24, 2.45) is 0 Å². The van der Waals surface area contributed by atoms with Gasteiger partial charge in [0, 0.05) is 30.1 Å². The minimum Gasteiger partial charge on any atom is -0.379 e. The average molecular weight is 532 g/mol. The number of carbonyl (C=O) groups excluding carboxylic acids is 2. The number of amides is 2. The van der Waals surface area contributed by atoms with Crippen LogP contribution >= 0.6 is 11.8 Å². The highest BCUT2D eigenvalue weighted by Gasteiger charge is 2.29. The second-order valence-corrected chi connectivity index (χ2v) is 10.4. The monoisotopic (exact) mass is 531 g/mol. The summed E-state index contributed by atoms with van der Waals surface area (Å²) in [5.74, 6) is -0.519. The number of anilines is 1. The SMILES string of the molecule is O=C(NCCCN1CCOCC1)c1ccc(/C=C2\Sc3ccccc3N(Cc3ccc(F)cc3)C2=O)cc1. The van der Waals surface area contributed by atoms with Gasteiger partial charge in [0.2, 0.25) is 0 Å². The van der Waals surface area contributed by atoms with Crippen LogP contribution in [0.25, 0.3) is 6.08 Å². The molecule has 1 N–H and O–H groups in total. The Morgan fingerprint density at radius 3 is 2.50 bits per heavy atom. The number of para-hydroxylation sites is 1. The zero-order valence-electron chi connectivity index (χ0n) is 21.1. The second kappa shape index (κ2) is 12.4. The Morgan fingerprint density at radius 1 is 1.00 bits per heavy atom. The van der Waals surface area contributed by atoms with Crippen molar-refractivity contribution >= 4 is 35.3 Å². The summed E-state index contributed by atoms with van der Waals surface area (Å²) >= 11 is 1.43. The first-order chi connectivity index (χ1) is 18.6. The van der Waals surface area contributed by atoms with Gasteiger partial charge >= 0.3 is 0 Å². The molecule has 1 saturated heterocycles. The third-order valence-corrected chi connectivity index (χ3v) is 7.67. The molecule has 2 aliphatic rings. The summed E-state index contributed by atoms with van der Waals surface area (Å²) in [4.78, 5) is 31.7. The van der Waals surface area contributed by atoms with E-state index < -0.39 is 0 Å². The fourth-order valence-electron chi connectivity index (χ4n) is 4.51. The molecule has 2 amide bonds. The van der Waals surface area contributed by atoms with Crippen molar-refractivity contribution in [1.82, 2.24) is 10.2 Å². The smallest absolute Gasteiger partial charge is 0.265 e. The molecule has 0 atom stereocenters. The average Bonchev–Trinajstić information content (AvgIpc) is 2.95. The van der Waals surface area contributed by atoms with Gasteiger partial charge in [0.05, 0.1) is 30.4 Å². The van der Waals surface area contributed by atoms with E-state index in [1.807, 2.05) is 42.5 Å². The molecule has 0 aromatic heterocycles. The number of nitrogens with zero attached hydrogens (tertiary/aromatic N) is 2. The van der Waals surface area contributed by atoms with E-state index in [1.165, 1.54) is 23.9 Å². The van der Waals surface area contributed by atoms with Gasteiger partial charge in [-0.1, -0.05) is 48.2 Å². The first-order valence-corrected chi connectivity index (χ1v) is 13.6. The summed E-state index contributed by atoms with van der Waals surface area (Å²) in [6.45, 7) is 5.36. The number of carbonyl (C=O) groups is 2. The molecular formula is C30H30FN3O3S. The molecule has 0 spiro atoms. The number of morpholine rings is 1. The fourth-order valence-corrected chi connectivity index (χ4v) is 5.56. The lowest BCUT2D eigenvalue weighted by atomic mass is 10.1. The van der Waals surface area contributed by atoms with Crippen molar-refractivity contribution in [2.75, 3.05) is 44.3 Å². The number of hydrogen-bond acceptors (Lipinski definition) is 5. The van der Waals surface area contributed by atoms with Crippen LogP contribution in [0.1, 0.15) is 27.9 Å². The number of benzene rings is 3. The van der Waals surface area contributed by atoms with E-state index in [-0.39, 0.29) is 17.6 Å². The molecule has 196 valence electrons. The Morgan fingerprint density at radius 2 is 1.74 bits per heavy atom. The molecule has 8 heteroatoms. The Bertz CT molecular complexity index is 1310. The van der Waals surface area contributed by atoms with Crippen molar-refractivity contribution < 1.29 is 18.7 Å². The first kappa shape index (κ1) is 26.2. The molecule has 0 aliphatic carbocycles. The fraction of sp³-hybridized carbons (Fsp3) is 0.267. The van der Waals surface area contributed by atoms with E-state index in [2.05, 4.69) is 10.2 Å². The van der Waals surface area contributed by atoms with E-state index in [0.717, 1.165) is 61.0 Å². The van der Waals surface area contributed by atoms with Crippen LogP contribution in [0.5, 0.6) is 0 Å². The molecule has 1 fully saturated rings. The lowest BCUT2D eigenvalue weighted by Crippen LogP contribution is -2.38. The summed E-state index contributed by atoms with van der Waals surface area (Å²) in [5, 5.41) is 2.99. The number of fused-ring (bicyclic) bond motifs is 1. The molecule has 0 unspecified atom stereocenters. The van der Waals surface area contributed by atoms with Gasteiger partial charge in [0.1, 0.15) is 5.82 Å². The minimum absolute atomic E-state index is 0.103. The largest absolute Gasteiger partial charge is 0.379 e. The Kier molecular flexibility index (Phi) is 8.53. The van der Waals surface area contributed by atoms with Gasteiger partial charge < -0.3 is 15.0 Å². The van der Waals surface area contributed by atoms with E-state index in [1.54, 1.807) is 29.2 Å². The minimum atomic E-state index is -0.305. The second-order valence-electron chi connectivity index (χ2n) is 9.28. The predicted molar refractivity (Wildman–Crippen MR) is 149 cm³/mol. The summed E-state index contributed by atoms with van der Waals surface area (Å²) in [6.07, 6.45) is 2.75. The highest BCUT2D eigenvalue weighted by atomic mass is 32.2. The van der Waals surface area contributed by atoms with Crippen molar-refractivity contribution in [3.05, 3.63) is 100 Å². The lowest BCUT2D eigenvalue weighted by Gasteiger charge is -2.30. The summed E-state index contributed by atoms with van der Waals surface area (Å²) < 4.78 is 18.8. The maximum absolute atomic E-state index is 13.5. The zero-order chi connectivity index (χ0) is 26.3. The van der Waals surface area contributed by atoms with E-state index in [9.17, 15) is 14.0 Å². The van der Waals surface area contributed by atoms with Crippen LogP contribution in [0, 0.1) is 5.82 Å². The number of halogens is 1. The van der Waals surface area contributed by atoms with Crippen LogP contribution in [0.3, 0.4) is 0 Å². The maximum Gasteiger partial charge on any atom is 0.265 e. The van der Waals surface area contributed by atoms with Gasteiger partial charge in [-0.05, 0) is 66.6 Å². The van der Waals surface area contributed by atoms with Gasteiger partial charge in [0.25, 0.3) is 11.8 Å². The molecular weight excluding hydrogens is 501 g/mol. The zero-order valence-corrected chi connectivity index (χ0v) is 21.9. The van der Waals surface area contributed by atoms with Gasteiger partial charge in [0.15, 0.2) is 0 Å². The quantitative estimate of drug-likeness (QED) is 0.329. The van der Waals surface area contributed by atoms with Crippen molar-refractivity contribution in [3.8, 4) is 0 Å². The molecule has 2 aliphatic heterocycles. The number of nitrogens with one attached hydrogen (secondary N) is 1. The molecule has 2 heterocycles. The highest BCUT2D eigenvalue weighted by Crippen LogP contribution is 2.42. The first-order valence-electron chi connectivity index (χ1n) is 12.8. The Labute approximate surface area is 226 Å². The maximum atomic E-state index is 13.5. The predicted octanol–water partition coefficient (Wildman–Crippen LogP) is 4.96. The summed E-state index contributed by atoms with van der Waals surface area (Å²) in [6, 6.07) is 21.3. The molecule has 3 aromatic carbocycles. The molecule has 0 bridgehead atoms. The number of hydrogen-bond donors (Lipinski definition) is 1. The lowest BCUT2D eigenvalue weighted by molar-refractivity contribution is -0.114. The third kappa shape index (κ3) is 6.51. The van der Waals surface area contributed by atoms with Gasteiger partial charge in [-0.2, -0.15) is 0 Å². The molecule has 5 rings (SSSR count). The topological polar surface area (TPSA) is 61.9 Å². The normalized spacial score (nSPS) is 16.9. The van der Waals surface area contributed by atoms with Crippen LogP contribution in [0.4, 0.5) is 10.1 Å². The molecule has 3 aromatic rings. The van der Waals surface area contributed by atoms with Crippen molar-refractivity contribution in [2.45, 2.75) is 17.9 Å². The summed E-state index contributed by atoms with van der Waals surface area (Å²) in [5.41, 5.74) is 3.11. The molecule has 0 radical (unpaired) electrons. The van der Waals surface area contributed by atoms with Crippen LogP contribution in [0.15, 0.2) is 82.6 Å².